The predicted octanol–water partition coefficient (Wildman–Crippen LogP) is 3.74. The lowest BCUT2D eigenvalue weighted by molar-refractivity contribution is 0.150. The van der Waals surface area contributed by atoms with Crippen molar-refractivity contribution in [1.82, 2.24) is 15.5 Å². The molecule has 0 spiro atoms. The third-order valence-corrected chi connectivity index (χ3v) is 6.69. The quantitative estimate of drug-likeness (QED) is 0.452. The molecule has 1 saturated carbocycles. The molecule has 0 aromatic heterocycles. The van der Waals surface area contributed by atoms with E-state index in [1.165, 1.54) is 56.5 Å². The highest BCUT2D eigenvalue weighted by Crippen LogP contribution is 2.26. The highest BCUT2D eigenvalue weighted by molar-refractivity contribution is 8.00. The van der Waals surface area contributed by atoms with Crippen molar-refractivity contribution in [3.8, 4) is 0 Å². The molecule has 26 heavy (non-hydrogen) atoms. The molecular weight excluding hydrogens is 340 g/mol. The zero-order chi connectivity index (χ0) is 18.2. The van der Waals surface area contributed by atoms with Gasteiger partial charge in [0.2, 0.25) is 0 Å². The maximum atomic E-state index is 4.43. The molecule has 1 aromatic rings. The molecule has 0 amide bonds. The van der Waals surface area contributed by atoms with Crippen molar-refractivity contribution in [3.05, 3.63) is 30.3 Å². The fourth-order valence-corrected chi connectivity index (χ4v) is 5.03. The smallest absolute Gasteiger partial charge is 0.191 e. The second-order valence-corrected chi connectivity index (χ2v) is 9.10. The third-order valence-electron chi connectivity index (χ3n) is 5.57. The number of likely N-dealkylation sites (tertiary alicyclic amines) is 1. The standard InChI is InChI=1S/C21H34N4S/c1-17(26-20-10-4-3-5-11-20)16-23-21(22-2)24-18-12-14-25(15-13-18)19-8-6-7-9-19/h3-5,10-11,17-19H,6-9,12-16H2,1-2H3,(H2,22,23,24). The number of hydrogen-bond acceptors (Lipinski definition) is 3. The van der Waals surface area contributed by atoms with E-state index in [9.17, 15) is 0 Å². The number of rotatable bonds is 6. The van der Waals surface area contributed by atoms with E-state index < -0.39 is 0 Å². The lowest BCUT2D eigenvalue weighted by Crippen LogP contribution is -2.50. The van der Waals surface area contributed by atoms with Gasteiger partial charge in [0.1, 0.15) is 0 Å². The van der Waals surface area contributed by atoms with Gasteiger partial charge in [-0.25, -0.2) is 0 Å². The van der Waals surface area contributed by atoms with E-state index in [2.05, 4.69) is 57.8 Å². The van der Waals surface area contributed by atoms with E-state index in [1.54, 1.807) is 0 Å². The highest BCUT2D eigenvalue weighted by atomic mass is 32.2. The molecule has 1 aromatic carbocycles. The molecule has 2 aliphatic rings. The second-order valence-electron chi connectivity index (χ2n) is 7.59. The summed E-state index contributed by atoms with van der Waals surface area (Å²) in [7, 11) is 1.87. The number of thioether (sulfide) groups is 1. The first-order valence-corrected chi connectivity index (χ1v) is 11.1. The third kappa shape index (κ3) is 5.92. The van der Waals surface area contributed by atoms with E-state index in [1.807, 2.05) is 18.8 Å². The van der Waals surface area contributed by atoms with Crippen molar-refractivity contribution in [2.45, 2.75) is 67.7 Å². The molecule has 1 atom stereocenters. The molecular formula is C21H34N4S. The van der Waals surface area contributed by atoms with Crippen LogP contribution in [0.2, 0.25) is 0 Å². The Morgan fingerprint density at radius 3 is 2.50 bits per heavy atom. The fraction of sp³-hybridized carbons (Fsp3) is 0.667. The molecule has 4 nitrogen and oxygen atoms in total. The van der Waals surface area contributed by atoms with Crippen molar-refractivity contribution in [2.75, 3.05) is 26.7 Å². The van der Waals surface area contributed by atoms with Crippen molar-refractivity contribution >= 4 is 17.7 Å². The van der Waals surface area contributed by atoms with Gasteiger partial charge in [0.15, 0.2) is 5.96 Å². The van der Waals surface area contributed by atoms with Crippen LogP contribution in [-0.2, 0) is 0 Å². The SMILES string of the molecule is CN=C(NCC(C)Sc1ccccc1)NC1CCN(C2CCCC2)CC1. The monoisotopic (exact) mass is 374 g/mol. The number of aliphatic imine (C=N–C) groups is 1. The number of hydrogen-bond donors (Lipinski definition) is 2. The summed E-state index contributed by atoms with van der Waals surface area (Å²) in [6, 6.07) is 12.0. The molecule has 2 fully saturated rings. The van der Waals surface area contributed by atoms with Crippen LogP contribution >= 0.6 is 11.8 Å². The van der Waals surface area contributed by atoms with Crippen molar-refractivity contribution in [2.24, 2.45) is 4.99 Å². The number of nitrogens with zero attached hydrogens (tertiary/aromatic N) is 2. The summed E-state index contributed by atoms with van der Waals surface area (Å²) in [6.07, 6.45) is 8.14. The van der Waals surface area contributed by atoms with Gasteiger partial charge in [0.25, 0.3) is 0 Å². The van der Waals surface area contributed by atoms with Crippen LogP contribution in [0.15, 0.2) is 40.2 Å². The maximum Gasteiger partial charge on any atom is 0.191 e. The van der Waals surface area contributed by atoms with Gasteiger partial charge in [-0.15, -0.1) is 11.8 Å². The van der Waals surface area contributed by atoms with Gasteiger partial charge in [-0.3, -0.25) is 4.99 Å². The van der Waals surface area contributed by atoms with Gasteiger partial charge in [0.05, 0.1) is 0 Å². The molecule has 3 rings (SSSR count). The molecule has 1 unspecified atom stereocenters. The average Bonchev–Trinajstić information content (AvgIpc) is 3.21. The number of guanidine groups is 1. The van der Waals surface area contributed by atoms with Crippen LogP contribution in [0.1, 0.15) is 45.4 Å². The Balaban J connectivity index is 1.37. The Kier molecular flexibility index (Phi) is 7.69. The van der Waals surface area contributed by atoms with Crippen LogP contribution in [-0.4, -0.2) is 54.9 Å². The van der Waals surface area contributed by atoms with Gasteiger partial charge in [-0.05, 0) is 37.8 Å². The van der Waals surface area contributed by atoms with E-state index >= 15 is 0 Å². The summed E-state index contributed by atoms with van der Waals surface area (Å²) in [5, 5.41) is 7.65. The number of piperidine rings is 1. The molecule has 1 aliphatic carbocycles. The van der Waals surface area contributed by atoms with Gasteiger partial charge < -0.3 is 15.5 Å². The second kappa shape index (κ2) is 10.2. The first-order chi connectivity index (χ1) is 12.7. The van der Waals surface area contributed by atoms with Crippen LogP contribution in [0.3, 0.4) is 0 Å². The molecule has 0 bridgehead atoms. The first kappa shape index (κ1) is 19.6. The zero-order valence-electron chi connectivity index (χ0n) is 16.3. The lowest BCUT2D eigenvalue weighted by atomic mass is 10.0. The molecule has 144 valence electrons. The molecule has 1 aliphatic heterocycles. The van der Waals surface area contributed by atoms with Crippen LogP contribution in [0, 0.1) is 0 Å². The molecule has 1 heterocycles. The summed E-state index contributed by atoms with van der Waals surface area (Å²) in [5.74, 6) is 0.949. The minimum absolute atomic E-state index is 0.500. The van der Waals surface area contributed by atoms with Gasteiger partial charge in [0, 0.05) is 48.9 Å². The first-order valence-electron chi connectivity index (χ1n) is 10.2. The van der Waals surface area contributed by atoms with Gasteiger partial charge in [-0.1, -0.05) is 38.0 Å². The summed E-state index contributed by atoms with van der Waals surface area (Å²) in [4.78, 5) is 8.47. The average molecular weight is 375 g/mol. The van der Waals surface area contributed by atoms with E-state index in [0.29, 0.717) is 11.3 Å². The van der Waals surface area contributed by atoms with E-state index in [0.717, 1.165) is 18.5 Å². The minimum Gasteiger partial charge on any atom is -0.355 e. The highest BCUT2D eigenvalue weighted by Gasteiger charge is 2.27. The zero-order valence-corrected chi connectivity index (χ0v) is 17.1. The molecule has 5 heteroatoms. The Bertz CT molecular complexity index is 548. The lowest BCUT2D eigenvalue weighted by Gasteiger charge is -2.36. The fourth-order valence-electron chi connectivity index (χ4n) is 4.08. The maximum absolute atomic E-state index is 4.43. The normalized spacial score (nSPS) is 21.7. The van der Waals surface area contributed by atoms with Crippen LogP contribution in [0.25, 0.3) is 0 Å². The van der Waals surface area contributed by atoms with Crippen LogP contribution in [0.5, 0.6) is 0 Å². The van der Waals surface area contributed by atoms with Gasteiger partial charge >= 0.3 is 0 Å². The van der Waals surface area contributed by atoms with E-state index in [-0.39, 0.29) is 0 Å². The molecule has 2 N–H and O–H groups in total. The minimum atomic E-state index is 0.500. The van der Waals surface area contributed by atoms with Crippen molar-refractivity contribution in [3.63, 3.8) is 0 Å². The molecule has 1 saturated heterocycles. The number of benzene rings is 1. The van der Waals surface area contributed by atoms with E-state index in [4.69, 9.17) is 0 Å². The largest absolute Gasteiger partial charge is 0.355 e. The molecule has 0 radical (unpaired) electrons. The van der Waals surface area contributed by atoms with Gasteiger partial charge in [-0.2, -0.15) is 0 Å². The topological polar surface area (TPSA) is 39.7 Å². The van der Waals surface area contributed by atoms with Crippen LogP contribution < -0.4 is 10.6 Å². The summed E-state index contributed by atoms with van der Waals surface area (Å²) in [6.45, 7) is 5.65. The predicted molar refractivity (Wildman–Crippen MR) is 113 cm³/mol. The Labute approximate surface area is 163 Å². The summed E-state index contributed by atoms with van der Waals surface area (Å²) in [5.41, 5.74) is 0. The Hall–Kier alpha value is -1.20. The van der Waals surface area contributed by atoms with Crippen molar-refractivity contribution < 1.29 is 0 Å². The Morgan fingerprint density at radius 2 is 1.85 bits per heavy atom. The van der Waals surface area contributed by atoms with Crippen LogP contribution in [0.4, 0.5) is 0 Å². The number of nitrogens with one attached hydrogen (secondary N) is 2. The van der Waals surface area contributed by atoms with Crippen molar-refractivity contribution in [1.29, 1.82) is 0 Å². The Morgan fingerprint density at radius 1 is 1.15 bits per heavy atom. The summed E-state index contributed by atoms with van der Waals surface area (Å²) >= 11 is 1.90. The summed E-state index contributed by atoms with van der Waals surface area (Å²) < 4.78 is 0.